The van der Waals surface area contributed by atoms with E-state index in [9.17, 15) is 4.79 Å². The second-order valence-corrected chi connectivity index (χ2v) is 7.90. The molecule has 1 amide bonds. The number of tetrazole rings is 1. The van der Waals surface area contributed by atoms with Crippen LogP contribution in [0.2, 0.25) is 0 Å². The van der Waals surface area contributed by atoms with Crippen molar-refractivity contribution in [3.05, 3.63) is 58.2 Å². The molecule has 5 rings (SSSR count). The summed E-state index contributed by atoms with van der Waals surface area (Å²) in [7, 11) is 0. The Morgan fingerprint density at radius 1 is 1.22 bits per heavy atom. The van der Waals surface area contributed by atoms with Crippen molar-refractivity contribution in [2.45, 2.75) is 25.4 Å². The van der Waals surface area contributed by atoms with Crippen molar-refractivity contribution in [3.8, 4) is 5.00 Å². The first-order valence-electron chi connectivity index (χ1n) is 9.15. The molecule has 1 aliphatic carbocycles. The molecule has 0 bridgehead atoms. The number of ether oxygens (including phenoxy) is 1. The molecule has 138 valence electrons. The Morgan fingerprint density at radius 2 is 2.11 bits per heavy atom. The number of fused-ring (bicyclic) bond motifs is 1. The number of amides is 1. The smallest absolute Gasteiger partial charge is 0.257 e. The van der Waals surface area contributed by atoms with Crippen LogP contribution in [0.15, 0.2) is 36.7 Å². The topological polar surface area (TPSA) is 73.1 Å². The van der Waals surface area contributed by atoms with E-state index in [-0.39, 0.29) is 12.0 Å². The zero-order chi connectivity index (χ0) is 18.2. The van der Waals surface area contributed by atoms with Crippen molar-refractivity contribution in [1.82, 2.24) is 25.1 Å². The molecule has 3 heterocycles. The van der Waals surface area contributed by atoms with E-state index in [1.54, 1.807) is 22.3 Å². The monoisotopic (exact) mass is 381 g/mol. The largest absolute Gasteiger partial charge is 0.370 e. The average molecular weight is 381 g/mol. The summed E-state index contributed by atoms with van der Waals surface area (Å²) in [5.41, 5.74) is 3.05. The van der Waals surface area contributed by atoms with E-state index < -0.39 is 0 Å². The van der Waals surface area contributed by atoms with Crippen LogP contribution in [0.3, 0.4) is 0 Å². The highest BCUT2D eigenvalue weighted by Crippen LogP contribution is 2.38. The third-order valence-electron chi connectivity index (χ3n) is 5.20. The Bertz CT molecular complexity index is 954. The first-order chi connectivity index (χ1) is 13.3. The summed E-state index contributed by atoms with van der Waals surface area (Å²) >= 11 is 1.64. The van der Waals surface area contributed by atoms with Gasteiger partial charge in [-0.3, -0.25) is 4.79 Å². The van der Waals surface area contributed by atoms with E-state index in [1.807, 2.05) is 35.2 Å². The molecule has 2 aliphatic rings. The minimum Gasteiger partial charge on any atom is -0.370 e. The minimum absolute atomic E-state index is 0.0594. The van der Waals surface area contributed by atoms with Crippen LogP contribution in [-0.4, -0.2) is 50.7 Å². The number of aryl methyl sites for hydroxylation is 1. The zero-order valence-corrected chi connectivity index (χ0v) is 15.6. The number of carbonyl (C=O) groups excluding carboxylic acids is 1. The standard InChI is InChI=1S/C19H19N5O2S/c25-18(23-9-10-26-15(11-23)13-5-2-1-3-6-13)17-14-7-4-8-16(14)27-19(17)24-12-20-21-22-24/h1-3,5-6,12,15H,4,7-11H2/t15-/m1/s1. The van der Waals surface area contributed by atoms with Crippen LogP contribution in [0.4, 0.5) is 0 Å². The average Bonchev–Trinajstić information content (AvgIpc) is 3.45. The fourth-order valence-electron chi connectivity index (χ4n) is 3.89. The third-order valence-corrected chi connectivity index (χ3v) is 6.48. The van der Waals surface area contributed by atoms with Crippen molar-refractivity contribution < 1.29 is 9.53 Å². The van der Waals surface area contributed by atoms with Gasteiger partial charge in [-0.1, -0.05) is 30.3 Å². The number of thiophene rings is 1. The highest BCUT2D eigenvalue weighted by Gasteiger charge is 2.33. The summed E-state index contributed by atoms with van der Waals surface area (Å²) in [6, 6.07) is 10.1. The summed E-state index contributed by atoms with van der Waals surface area (Å²) in [5, 5.41) is 12.3. The summed E-state index contributed by atoms with van der Waals surface area (Å²) < 4.78 is 7.54. The molecule has 3 aromatic rings. The summed E-state index contributed by atoms with van der Waals surface area (Å²) in [6.07, 6.45) is 4.54. The zero-order valence-electron chi connectivity index (χ0n) is 14.7. The number of rotatable bonds is 3. The number of morpholine rings is 1. The molecule has 1 saturated heterocycles. The van der Waals surface area contributed by atoms with Gasteiger partial charge in [0.1, 0.15) is 17.4 Å². The Morgan fingerprint density at radius 3 is 2.93 bits per heavy atom. The molecule has 2 aromatic heterocycles. The second kappa shape index (κ2) is 6.86. The highest BCUT2D eigenvalue weighted by atomic mass is 32.1. The molecule has 8 heteroatoms. The Labute approximate surface area is 160 Å². The van der Waals surface area contributed by atoms with Crippen LogP contribution in [0.1, 0.15) is 38.9 Å². The summed E-state index contributed by atoms with van der Waals surface area (Å²) in [5.74, 6) is 0.0594. The van der Waals surface area contributed by atoms with Gasteiger partial charge in [0.05, 0.1) is 18.7 Å². The van der Waals surface area contributed by atoms with E-state index in [1.165, 1.54) is 10.4 Å². The van der Waals surface area contributed by atoms with Crippen molar-refractivity contribution in [2.24, 2.45) is 0 Å². The first-order valence-corrected chi connectivity index (χ1v) is 9.96. The number of benzene rings is 1. The first kappa shape index (κ1) is 16.6. The van der Waals surface area contributed by atoms with Gasteiger partial charge in [0.15, 0.2) is 0 Å². The molecule has 7 nitrogen and oxygen atoms in total. The van der Waals surface area contributed by atoms with E-state index in [4.69, 9.17) is 4.74 Å². The SMILES string of the molecule is O=C(c1c(-n2cnnn2)sc2c1CCC2)N1CCO[C@@H](c2ccccc2)C1. The Balaban J connectivity index is 1.47. The van der Waals surface area contributed by atoms with Gasteiger partial charge in [-0.05, 0) is 40.8 Å². The van der Waals surface area contributed by atoms with E-state index in [0.29, 0.717) is 19.7 Å². The van der Waals surface area contributed by atoms with Crippen molar-refractivity contribution in [3.63, 3.8) is 0 Å². The molecule has 0 spiro atoms. The highest BCUT2D eigenvalue weighted by molar-refractivity contribution is 7.15. The number of aromatic nitrogens is 4. The molecule has 27 heavy (non-hydrogen) atoms. The molecule has 1 aliphatic heterocycles. The molecule has 1 fully saturated rings. The van der Waals surface area contributed by atoms with Crippen molar-refractivity contribution in [1.29, 1.82) is 0 Å². The molecule has 1 atom stereocenters. The maximum atomic E-state index is 13.5. The molecule has 0 unspecified atom stereocenters. The van der Waals surface area contributed by atoms with Gasteiger partial charge in [0.25, 0.3) is 5.91 Å². The van der Waals surface area contributed by atoms with Crippen LogP contribution in [-0.2, 0) is 17.6 Å². The van der Waals surface area contributed by atoms with E-state index in [2.05, 4.69) is 15.5 Å². The van der Waals surface area contributed by atoms with E-state index in [0.717, 1.165) is 35.4 Å². The molecule has 0 saturated carbocycles. The fraction of sp³-hybridized carbons (Fsp3) is 0.368. The van der Waals surface area contributed by atoms with Crippen LogP contribution >= 0.6 is 11.3 Å². The predicted molar refractivity (Wildman–Crippen MR) is 100 cm³/mol. The normalized spacial score (nSPS) is 19.3. The lowest BCUT2D eigenvalue weighted by molar-refractivity contribution is -0.0228. The molecular formula is C19H19N5O2S. The van der Waals surface area contributed by atoms with Crippen molar-refractivity contribution in [2.75, 3.05) is 19.7 Å². The summed E-state index contributed by atoms with van der Waals surface area (Å²) in [4.78, 5) is 16.7. The Kier molecular flexibility index (Phi) is 4.21. The van der Waals surface area contributed by atoms with Crippen LogP contribution < -0.4 is 0 Å². The minimum atomic E-state index is -0.0907. The second-order valence-electron chi connectivity index (χ2n) is 6.81. The van der Waals surface area contributed by atoms with Crippen LogP contribution in [0.25, 0.3) is 5.00 Å². The maximum Gasteiger partial charge on any atom is 0.257 e. The third kappa shape index (κ3) is 2.94. The quantitative estimate of drug-likeness (QED) is 0.697. The maximum absolute atomic E-state index is 13.5. The molecular weight excluding hydrogens is 362 g/mol. The lowest BCUT2D eigenvalue weighted by atomic mass is 10.1. The van der Waals surface area contributed by atoms with Gasteiger partial charge < -0.3 is 9.64 Å². The molecule has 0 radical (unpaired) electrons. The van der Waals surface area contributed by atoms with Crippen LogP contribution in [0, 0.1) is 0 Å². The van der Waals surface area contributed by atoms with Crippen molar-refractivity contribution >= 4 is 17.2 Å². The predicted octanol–water partition coefficient (Wildman–Crippen LogP) is 2.43. The number of hydrogen-bond acceptors (Lipinski definition) is 6. The van der Waals surface area contributed by atoms with Gasteiger partial charge in [0.2, 0.25) is 0 Å². The van der Waals surface area contributed by atoms with Gasteiger partial charge in [-0.2, -0.15) is 4.68 Å². The lowest BCUT2D eigenvalue weighted by Crippen LogP contribution is -2.42. The summed E-state index contributed by atoms with van der Waals surface area (Å²) in [6.45, 7) is 1.70. The lowest BCUT2D eigenvalue weighted by Gasteiger charge is -2.33. The van der Waals surface area contributed by atoms with Gasteiger partial charge in [0, 0.05) is 11.4 Å². The van der Waals surface area contributed by atoms with Gasteiger partial charge >= 0.3 is 0 Å². The number of carbonyl (C=O) groups is 1. The number of hydrogen-bond donors (Lipinski definition) is 0. The number of nitrogens with zero attached hydrogens (tertiary/aromatic N) is 5. The van der Waals surface area contributed by atoms with Gasteiger partial charge in [-0.25, -0.2) is 0 Å². The molecule has 0 N–H and O–H groups in total. The fourth-order valence-corrected chi connectivity index (χ4v) is 5.18. The van der Waals surface area contributed by atoms with Gasteiger partial charge in [-0.15, -0.1) is 16.4 Å². The van der Waals surface area contributed by atoms with Crippen LogP contribution in [0.5, 0.6) is 0 Å². The Hall–Kier alpha value is -2.58. The van der Waals surface area contributed by atoms with E-state index >= 15 is 0 Å². The molecule has 1 aromatic carbocycles.